The predicted octanol–water partition coefficient (Wildman–Crippen LogP) is 2.58. The number of pyridine rings is 1. The molecule has 0 amide bonds. The molecule has 0 aliphatic rings. The zero-order valence-corrected chi connectivity index (χ0v) is 11.2. The third kappa shape index (κ3) is 3.46. The summed E-state index contributed by atoms with van der Waals surface area (Å²) in [6, 6.07) is 13.7. The number of Topliss-reactive ketones (excluding diaryl/α,β-unsaturated/α-hetero) is 1. The lowest BCUT2D eigenvalue weighted by Gasteiger charge is -2.08. The van der Waals surface area contributed by atoms with Gasteiger partial charge in [-0.1, -0.05) is 12.0 Å². The van der Waals surface area contributed by atoms with Gasteiger partial charge in [0.2, 0.25) is 0 Å². The summed E-state index contributed by atoms with van der Waals surface area (Å²) >= 11 is 0. The van der Waals surface area contributed by atoms with E-state index in [4.69, 9.17) is 11.2 Å². The van der Waals surface area contributed by atoms with Crippen LogP contribution in [0.3, 0.4) is 0 Å². The molecule has 4 nitrogen and oxygen atoms in total. The van der Waals surface area contributed by atoms with E-state index in [1.807, 2.05) is 6.07 Å². The number of nitriles is 1. The minimum atomic E-state index is -0.913. The van der Waals surface area contributed by atoms with Crippen molar-refractivity contribution in [2.45, 2.75) is 5.92 Å². The van der Waals surface area contributed by atoms with Crippen LogP contribution in [-0.4, -0.2) is 17.4 Å². The second-order valence-corrected chi connectivity index (χ2v) is 4.20. The van der Waals surface area contributed by atoms with Crippen molar-refractivity contribution >= 4 is 5.78 Å². The van der Waals surface area contributed by atoms with E-state index < -0.39 is 5.92 Å². The Morgan fingerprint density at radius 1 is 1.29 bits per heavy atom. The second kappa shape index (κ2) is 6.88. The largest absolute Gasteiger partial charge is 0.481 e. The van der Waals surface area contributed by atoms with Gasteiger partial charge in [0, 0.05) is 11.8 Å². The summed E-state index contributed by atoms with van der Waals surface area (Å²) < 4.78 is 5.24. The Bertz CT molecular complexity index is 694. The highest BCUT2D eigenvalue weighted by atomic mass is 16.5. The van der Waals surface area contributed by atoms with Gasteiger partial charge in [0.15, 0.2) is 11.7 Å². The molecule has 102 valence electrons. The van der Waals surface area contributed by atoms with Crippen LogP contribution in [0.5, 0.6) is 5.75 Å². The Balaban J connectivity index is 2.19. The van der Waals surface area contributed by atoms with Crippen molar-refractivity contribution in [1.82, 2.24) is 4.98 Å². The number of rotatable bonds is 5. The van der Waals surface area contributed by atoms with E-state index in [1.165, 1.54) is 0 Å². The molecular formula is C17H12N2O2. The van der Waals surface area contributed by atoms with Crippen LogP contribution >= 0.6 is 0 Å². The first-order valence-electron chi connectivity index (χ1n) is 6.27. The van der Waals surface area contributed by atoms with E-state index in [-0.39, 0.29) is 12.4 Å². The van der Waals surface area contributed by atoms with E-state index in [1.54, 1.807) is 48.7 Å². The van der Waals surface area contributed by atoms with Gasteiger partial charge in [-0.2, -0.15) is 5.26 Å². The molecule has 0 aliphatic carbocycles. The summed E-state index contributed by atoms with van der Waals surface area (Å²) in [6.45, 7) is 0.169. The highest BCUT2D eigenvalue weighted by molar-refractivity contribution is 6.02. The number of carbonyl (C=O) groups is 1. The van der Waals surface area contributed by atoms with Crippen LogP contribution in [0.2, 0.25) is 0 Å². The van der Waals surface area contributed by atoms with Crippen LogP contribution in [0.25, 0.3) is 0 Å². The lowest BCUT2D eigenvalue weighted by Crippen LogP contribution is -2.12. The van der Waals surface area contributed by atoms with E-state index in [0.29, 0.717) is 17.0 Å². The van der Waals surface area contributed by atoms with E-state index in [2.05, 4.69) is 10.9 Å². The van der Waals surface area contributed by atoms with Gasteiger partial charge < -0.3 is 4.74 Å². The van der Waals surface area contributed by atoms with Gasteiger partial charge in [0.1, 0.15) is 12.4 Å². The quantitative estimate of drug-likeness (QED) is 0.622. The number of hydrogen-bond donors (Lipinski definition) is 0. The van der Waals surface area contributed by atoms with Crippen molar-refractivity contribution in [2.75, 3.05) is 6.61 Å². The number of ether oxygens (including phenoxy) is 1. The molecule has 1 atom stereocenters. The van der Waals surface area contributed by atoms with Crippen LogP contribution in [0.4, 0.5) is 0 Å². The number of hydrogen-bond acceptors (Lipinski definition) is 4. The molecule has 2 aromatic rings. The Labute approximate surface area is 123 Å². The molecule has 0 aliphatic heterocycles. The molecule has 4 heteroatoms. The number of carbonyl (C=O) groups excluding carboxylic acids is 1. The van der Waals surface area contributed by atoms with Gasteiger partial charge in [-0.05, 0) is 36.4 Å². The summed E-state index contributed by atoms with van der Waals surface area (Å²) in [5.41, 5.74) is 0.873. The molecule has 21 heavy (non-hydrogen) atoms. The van der Waals surface area contributed by atoms with Crippen molar-refractivity contribution in [3.63, 3.8) is 0 Å². The topological polar surface area (TPSA) is 63.0 Å². The summed E-state index contributed by atoms with van der Waals surface area (Å²) in [7, 11) is 0. The van der Waals surface area contributed by atoms with Crippen molar-refractivity contribution in [3.05, 3.63) is 59.9 Å². The number of ketones is 1. The smallest absolute Gasteiger partial charge is 0.186 e. The molecule has 0 fully saturated rings. The molecule has 1 heterocycles. The molecule has 0 spiro atoms. The van der Waals surface area contributed by atoms with Crippen LogP contribution in [0.15, 0.2) is 48.7 Å². The maximum absolute atomic E-state index is 12.4. The summed E-state index contributed by atoms with van der Waals surface area (Å²) in [6.07, 6.45) is 6.66. The molecule has 0 bridgehead atoms. The zero-order chi connectivity index (χ0) is 15.1. The molecule has 0 N–H and O–H groups in total. The fraction of sp³-hybridized carbons (Fsp3) is 0.118. The van der Waals surface area contributed by atoms with Crippen LogP contribution in [-0.2, 0) is 0 Å². The van der Waals surface area contributed by atoms with Gasteiger partial charge in [0.25, 0.3) is 0 Å². The molecule has 0 unspecified atom stereocenters. The number of benzene rings is 1. The summed E-state index contributed by atoms with van der Waals surface area (Å²) in [5.74, 6) is 1.74. The molecule has 2 rings (SSSR count). The lowest BCUT2D eigenvalue weighted by molar-refractivity contribution is 0.0977. The SMILES string of the molecule is C#CCOc1ccc(C(=O)[C@@H](C#N)c2ccccn2)cc1. The van der Waals surface area contributed by atoms with Crippen molar-refractivity contribution in [2.24, 2.45) is 0 Å². The molecule has 1 aromatic carbocycles. The third-order valence-corrected chi connectivity index (χ3v) is 2.84. The van der Waals surface area contributed by atoms with E-state index >= 15 is 0 Å². The zero-order valence-electron chi connectivity index (χ0n) is 11.2. The highest BCUT2D eigenvalue weighted by Crippen LogP contribution is 2.20. The average molecular weight is 276 g/mol. The van der Waals surface area contributed by atoms with Crippen LogP contribution < -0.4 is 4.74 Å². The maximum atomic E-state index is 12.4. The first-order chi connectivity index (χ1) is 10.3. The van der Waals surface area contributed by atoms with Gasteiger partial charge in [-0.3, -0.25) is 9.78 Å². The molecule has 1 aromatic heterocycles. The first-order valence-corrected chi connectivity index (χ1v) is 6.27. The van der Waals surface area contributed by atoms with Crippen LogP contribution in [0.1, 0.15) is 22.0 Å². The number of nitrogens with zero attached hydrogens (tertiary/aromatic N) is 2. The minimum Gasteiger partial charge on any atom is -0.481 e. The second-order valence-electron chi connectivity index (χ2n) is 4.20. The Hall–Kier alpha value is -3.11. The van der Waals surface area contributed by atoms with Crippen molar-refractivity contribution < 1.29 is 9.53 Å². The summed E-state index contributed by atoms with van der Waals surface area (Å²) in [4.78, 5) is 16.4. The summed E-state index contributed by atoms with van der Waals surface area (Å²) in [5, 5.41) is 9.22. The number of aromatic nitrogens is 1. The first kappa shape index (κ1) is 14.3. The predicted molar refractivity (Wildman–Crippen MR) is 77.7 cm³/mol. The molecule has 0 saturated carbocycles. The average Bonchev–Trinajstić information content (AvgIpc) is 2.55. The number of terminal acetylenes is 1. The minimum absolute atomic E-state index is 0.169. The highest BCUT2D eigenvalue weighted by Gasteiger charge is 2.22. The lowest BCUT2D eigenvalue weighted by atomic mass is 9.95. The van der Waals surface area contributed by atoms with E-state index in [0.717, 1.165) is 0 Å². The maximum Gasteiger partial charge on any atom is 0.186 e. The fourth-order valence-electron chi connectivity index (χ4n) is 1.81. The third-order valence-electron chi connectivity index (χ3n) is 2.84. The Kier molecular flexibility index (Phi) is 4.69. The Morgan fingerprint density at radius 3 is 2.62 bits per heavy atom. The van der Waals surface area contributed by atoms with Crippen molar-refractivity contribution in [1.29, 1.82) is 5.26 Å². The molecule has 0 saturated heterocycles. The van der Waals surface area contributed by atoms with Gasteiger partial charge in [-0.25, -0.2) is 0 Å². The molecule has 0 radical (unpaired) electrons. The fourth-order valence-corrected chi connectivity index (χ4v) is 1.81. The monoisotopic (exact) mass is 276 g/mol. The van der Waals surface area contributed by atoms with Gasteiger partial charge >= 0.3 is 0 Å². The van der Waals surface area contributed by atoms with Gasteiger partial charge in [0.05, 0.1) is 11.8 Å². The normalized spacial score (nSPS) is 11.0. The standard InChI is InChI=1S/C17H12N2O2/c1-2-11-21-14-8-6-13(7-9-14)17(20)15(12-18)16-5-3-4-10-19-16/h1,3-10,15H,11H2/t15-/m0/s1. The van der Waals surface area contributed by atoms with Crippen LogP contribution in [0, 0.1) is 23.7 Å². The van der Waals surface area contributed by atoms with Gasteiger partial charge in [-0.15, -0.1) is 6.42 Å². The Morgan fingerprint density at radius 2 is 2.05 bits per heavy atom. The van der Waals surface area contributed by atoms with Crippen molar-refractivity contribution in [3.8, 4) is 24.2 Å². The molecular weight excluding hydrogens is 264 g/mol. The van der Waals surface area contributed by atoms with E-state index in [9.17, 15) is 10.1 Å².